The van der Waals surface area contributed by atoms with Gasteiger partial charge in [0.2, 0.25) is 0 Å². The van der Waals surface area contributed by atoms with Gasteiger partial charge in [-0.1, -0.05) is 40.0 Å². The van der Waals surface area contributed by atoms with Crippen LogP contribution in [0.5, 0.6) is 0 Å². The first kappa shape index (κ1) is 16.4. The first-order valence-electron chi connectivity index (χ1n) is 8.70. The van der Waals surface area contributed by atoms with Crippen molar-refractivity contribution in [3.05, 3.63) is 23.7 Å². The lowest BCUT2D eigenvalue weighted by Gasteiger charge is -2.26. The fourth-order valence-corrected chi connectivity index (χ4v) is 3.23. The van der Waals surface area contributed by atoms with Gasteiger partial charge in [-0.3, -0.25) is 4.98 Å². The minimum atomic E-state index is 0.0585. The topological polar surface area (TPSA) is 73.8 Å². The summed E-state index contributed by atoms with van der Waals surface area (Å²) in [5, 5.41) is 13.1. The van der Waals surface area contributed by atoms with Gasteiger partial charge in [-0.15, -0.1) is 0 Å². The number of nitrogens with zero attached hydrogens (tertiary/aromatic N) is 2. The quantitative estimate of drug-likeness (QED) is 0.795. The maximum absolute atomic E-state index is 9.53. The number of rotatable bonds is 2. The van der Waals surface area contributed by atoms with Crippen molar-refractivity contribution in [1.29, 1.82) is 0 Å². The van der Waals surface area contributed by atoms with E-state index in [0.29, 0.717) is 0 Å². The zero-order chi connectivity index (χ0) is 16.4. The molecule has 1 saturated heterocycles. The van der Waals surface area contributed by atoms with Crippen LogP contribution in [0.15, 0.2) is 12.3 Å². The zero-order valence-electron chi connectivity index (χ0n) is 14.4. The van der Waals surface area contributed by atoms with Crippen LogP contribution in [-0.4, -0.2) is 32.7 Å². The predicted molar refractivity (Wildman–Crippen MR) is 92.4 cm³/mol. The van der Waals surface area contributed by atoms with Crippen LogP contribution < -0.4 is 5.32 Å². The second-order valence-corrected chi connectivity index (χ2v) is 7.70. The van der Waals surface area contributed by atoms with Gasteiger partial charge in [-0.25, -0.2) is 4.98 Å². The van der Waals surface area contributed by atoms with Gasteiger partial charge < -0.3 is 15.4 Å². The van der Waals surface area contributed by atoms with Gasteiger partial charge in [0.1, 0.15) is 5.52 Å². The number of fused-ring (bicyclic) bond motifs is 1. The van der Waals surface area contributed by atoms with Gasteiger partial charge in [0.15, 0.2) is 5.65 Å². The monoisotopic (exact) mass is 316 g/mol. The van der Waals surface area contributed by atoms with E-state index in [1.165, 1.54) is 19.3 Å². The average Bonchev–Trinajstić information content (AvgIpc) is 2.90. The molecule has 3 heterocycles. The molecule has 1 aliphatic heterocycles. The van der Waals surface area contributed by atoms with Gasteiger partial charge in [-0.2, -0.15) is 0 Å². The highest BCUT2D eigenvalue weighted by Gasteiger charge is 2.22. The molecule has 3 N–H and O–H groups in total. The molecule has 0 aromatic carbocycles. The molecule has 0 aliphatic carbocycles. The van der Waals surface area contributed by atoms with Gasteiger partial charge >= 0.3 is 0 Å². The Morgan fingerprint density at radius 1 is 1.22 bits per heavy atom. The van der Waals surface area contributed by atoms with Gasteiger partial charge in [-0.05, 0) is 18.9 Å². The fourth-order valence-electron chi connectivity index (χ4n) is 3.23. The number of aliphatic hydroxyl groups is 1. The van der Waals surface area contributed by atoms with Crippen LogP contribution in [0.25, 0.3) is 11.2 Å². The van der Waals surface area contributed by atoms with Crippen molar-refractivity contribution in [3.63, 3.8) is 0 Å². The standard InChI is InChI=1S/C18H28N4O/c1-18(2,3)16-9-14-17(22-16)21-15(10-19-14)13-8-6-4-5-7-12(11-23)20-13/h9-10,12-13,20,23H,4-8,11H2,1-3H3,(H,21,22). The number of aromatic amines is 1. The SMILES string of the molecule is CC(C)(C)c1cc2ncc(C3CCCCCC(CO)N3)nc2[nH]1. The van der Waals surface area contributed by atoms with Crippen LogP contribution in [0.2, 0.25) is 0 Å². The molecule has 0 radical (unpaired) electrons. The molecule has 2 aromatic rings. The maximum atomic E-state index is 9.53. The van der Waals surface area contributed by atoms with Gasteiger partial charge in [0, 0.05) is 17.2 Å². The zero-order valence-corrected chi connectivity index (χ0v) is 14.4. The molecule has 0 spiro atoms. The Balaban J connectivity index is 1.88. The molecule has 0 bridgehead atoms. The Morgan fingerprint density at radius 3 is 2.74 bits per heavy atom. The highest BCUT2D eigenvalue weighted by molar-refractivity contribution is 5.72. The fraction of sp³-hybridized carbons (Fsp3) is 0.667. The van der Waals surface area contributed by atoms with Crippen molar-refractivity contribution in [2.75, 3.05) is 6.61 Å². The molecule has 0 saturated carbocycles. The smallest absolute Gasteiger partial charge is 0.156 e. The largest absolute Gasteiger partial charge is 0.395 e. The van der Waals surface area contributed by atoms with Crippen molar-refractivity contribution in [3.8, 4) is 0 Å². The Bertz CT molecular complexity index is 659. The third-order valence-corrected chi connectivity index (χ3v) is 4.72. The summed E-state index contributed by atoms with van der Waals surface area (Å²) in [5.74, 6) is 0. The molecule has 23 heavy (non-hydrogen) atoms. The molecule has 1 fully saturated rings. The number of aliphatic hydroxyl groups excluding tert-OH is 1. The highest BCUT2D eigenvalue weighted by atomic mass is 16.3. The summed E-state index contributed by atoms with van der Waals surface area (Å²) >= 11 is 0. The van der Waals surface area contributed by atoms with Crippen LogP contribution in [0.3, 0.4) is 0 Å². The number of nitrogens with one attached hydrogen (secondary N) is 2. The van der Waals surface area contributed by atoms with Gasteiger partial charge in [0.25, 0.3) is 0 Å². The summed E-state index contributed by atoms with van der Waals surface area (Å²) < 4.78 is 0. The minimum Gasteiger partial charge on any atom is -0.395 e. The highest BCUT2D eigenvalue weighted by Crippen LogP contribution is 2.27. The summed E-state index contributed by atoms with van der Waals surface area (Å²) in [6, 6.07) is 2.42. The van der Waals surface area contributed by atoms with E-state index in [4.69, 9.17) is 4.98 Å². The summed E-state index contributed by atoms with van der Waals surface area (Å²) in [6.45, 7) is 6.73. The molecule has 5 heteroatoms. The minimum absolute atomic E-state index is 0.0585. The van der Waals surface area contributed by atoms with E-state index in [9.17, 15) is 5.11 Å². The molecule has 2 atom stereocenters. The lowest BCUT2D eigenvalue weighted by Crippen LogP contribution is -2.37. The molecule has 3 rings (SSSR count). The Morgan fingerprint density at radius 2 is 2.00 bits per heavy atom. The molecule has 2 unspecified atom stereocenters. The molecule has 2 aromatic heterocycles. The third kappa shape index (κ3) is 3.72. The average molecular weight is 316 g/mol. The molecular weight excluding hydrogens is 288 g/mol. The Labute approximate surface area is 137 Å². The number of hydrogen-bond acceptors (Lipinski definition) is 4. The Kier molecular flexibility index (Phi) is 4.69. The van der Waals surface area contributed by atoms with E-state index in [1.54, 1.807) is 0 Å². The van der Waals surface area contributed by atoms with Crippen LogP contribution in [0, 0.1) is 0 Å². The van der Waals surface area contributed by atoms with Crippen LogP contribution in [-0.2, 0) is 5.41 Å². The van der Waals surface area contributed by atoms with E-state index in [2.05, 4.69) is 42.1 Å². The number of aromatic nitrogens is 3. The van der Waals surface area contributed by atoms with Crippen molar-refractivity contribution in [2.24, 2.45) is 0 Å². The summed E-state index contributed by atoms with van der Waals surface area (Å²) in [5.41, 5.74) is 3.96. The third-order valence-electron chi connectivity index (χ3n) is 4.72. The van der Waals surface area contributed by atoms with Crippen molar-refractivity contribution in [2.45, 2.75) is 70.4 Å². The van der Waals surface area contributed by atoms with Crippen LogP contribution in [0.1, 0.15) is 70.3 Å². The van der Waals surface area contributed by atoms with Crippen LogP contribution >= 0.6 is 0 Å². The van der Waals surface area contributed by atoms with E-state index >= 15 is 0 Å². The predicted octanol–water partition coefficient (Wildman–Crippen LogP) is 3.21. The van der Waals surface area contributed by atoms with E-state index < -0.39 is 0 Å². The van der Waals surface area contributed by atoms with E-state index in [0.717, 1.165) is 35.4 Å². The van der Waals surface area contributed by atoms with Gasteiger partial charge in [0.05, 0.1) is 24.5 Å². The first-order chi connectivity index (χ1) is 11.0. The number of hydrogen-bond donors (Lipinski definition) is 3. The summed E-state index contributed by atoms with van der Waals surface area (Å²) in [4.78, 5) is 12.8. The van der Waals surface area contributed by atoms with E-state index in [-0.39, 0.29) is 24.1 Å². The van der Waals surface area contributed by atoms with Crippen molar-refractivity contribution >= 4 is 11.2 Å². The first-order valence-corrected chi connectivity index (χ1v) is 8.70. The summed E-state index contributed by atoms with van der Waals surface area (Å²) in [7, 11) is 0. The maximum Gasteiger partial charge on any atom is 0.156 e. The second-order valence-electron chi connectivity index (χ2n) is 7.70. The van der Waals surface area contributed by atoms with Crippen LogP contribution in [0.4, 0.5) is 0 Å². The molecule has 1 aliphatic rings. The van der Waals surface area contributed by atoms with E-state index in [1.807, 2.05) is 6.20 Å². The lowest BCUT2D eigenvalue weighted by atomic mass is 9.93. The van der Waals surface area contributed by atoms with Crippen molar-refractivity contribution < 1.29 is 5.11 Å². The molecule has 5 nitrogen and oxygen atoms in total. The Hall–Kier alpha value is -1.46. The number of H-pyrrole nitrogens is 1. The lowest BCUT2D eigenvalue weighted by molar-refractivity contribution is 0.210. The normalized spacial score (nSPS) is 23.7. The summed E-state index contributed by atoms with van der Waals surface area (Å²) in [6.07, 6.45) is 7.55. The molecule has 126 valence electrons. The van der Waals surface area contributed by atoms with Crippen molar-refractivity contribution in [1.82, 2.24) is 20.3 Å². The molecule has 0 amide bonds. The molecular formula is C18H28N4O. The second kappa shape index (κ2) is 6.57.